The zero-order valence-electron chi connectivity index (χ0n) is 47.2. The molecule has 0 spiro atoms. The second kappa shape index (κ2) is 31.3. The molecule has 90 heavy (non-hydrogen) atoms. The van der Waals surface area contributed by atoms with Crippen LogP contribution < -0.4 is 5.32 Å². The van der Waals surface area contributed by atoms with Crippen molar-refractivity contribution in [2.75, 3.05) is 59.4 Å². The van der Waals surface area contributed by atoms with Crippen LogP contribution in [-0.2, 0) is 75.8 Å². The minimum atomic E-state index is -2.31. The third-order valence-electron chi connectivity index (χ3n) is 17.1. The number of aliphatic hydroxyl groups is 24. The fraction of sp³-hybridized carbons (Fsp3) is 1.00. The highest BCUT2D eigenvalue weighted by Crippen LogP contribution is 2.39. The molecule has 41 nitrogen and oxygen atoms in total. The molecule has 0 saturated carbocycles. The third-order valence-corrected chi connectivity index (χ3v) is 17.1. The summed E-state index contributed by atoms with van der Waals surface area (Å²) in [6, 6.07) is 0. The second-order valence-corrected chi connectivity index (χ2v) is 22.9. The van der Waals surface area contributed by atoms with Gasteiger partial charge in [0.05, 0.1) is 52.9 Å². The van der Waals surface area contributed by atoms with E-state index in [1.165, 1.54) is 0 Å². The summed E-state index contributed by atoms with van der Waals surface area (Å²) in [4.78, 5) is 0. The predicted octanol–water partition coefficient (Wildman–Crippen LogP) is -17.9. The first-order valence-electron chi connectivity index (χ1n) is 28.9. The van der Waals surface area contributed by atoms with Gasteiger partial charge in [0.2, 0.25) is 0 Å². The summed E-state index contributed by atoms with van der Waals surface area (Å²) in [7, 11) is 0. The van der Waals surface area contributed by atoms with Crippen LogP contribution in [0.5, 0.6) is 0 Å². The van der Waals surface area contributed by atoms with E-state index in [0.29, 0.717) is 0 Å². The Morgan fingerprint density at radius 2 is 0.456 bits per heavy atom. The lowest BCUT2D eigenvalue weighted by atomic mass is 9.95. The molecule has 0 aromatic heterocycles. The number of ether oxygens (including phenoxy) is 16. The summed E-state index contributed by atoms with van der Waals surface area (Å²) in [6.45, 7) is -8.32. The summed E-state index contributed by atoms with van der Waals surface area (Å²) < 4.78 is 91.6. The molecule has 25 N–H and O–H groups in total. The van der Waals surface area contributed by atoms with Crippen LogP contribution in [0.3, 0.4) is 0 Å². The van der Waals surface area contributed by atoms with Gasteiger partial charge in [-0.25, -0.2) is 0 Å². The van der Waals surface area contributed by atoms with Gasteiger partial charge in [-0.3, -0.25) is 5.32 Å². The topological polar surface area (TPSA) is 645 Å². The molecule has 40 atom stereocenters. The average Bonchev–Trinajstić information content (AvgIpc) is 0.795. The van der Waals surface area contributed by atoms with Crippen LogP contribution in [0.25, 0.3) is 0 Å². The van der Waals surface area contributed by atoms with E-state index in [0.717, 1.165) is 0 Å². The van der Waals surface area contributed by atoms with Crippen LogP contribution in [0, 0.1) is 0 Å². The van der Waals surface area contributed by atoms with Crippen molar-refractivity contribution in [3.05, 3.63) is 0 Å². The van der Waals surface area contributed by atoms with E-state index in [-0.39, 0.29) is 0 Å². The molecule has 0 radical (unpaired) electrons. The van der Waals surface area contributed by atoms with Crippen LogP contribution >= 0.6 is 0 Å². The van der Waals surface area contributed by atoms with Crippen molar-refractivity contribution >= 4 is 0 Å². The second-order valence-electron chi connectivity index (χ2n) is 22.9. The number of hydrogen-bond acceptors (Lipinski definition) is 41. The van der Waals surface area contributed by atoms with Gasteiger partial charge in [-0.05, 0) is 0 Å². The lowest BCUT2D eigenvalue weighted by Gasteiger charge is -2.50. The minimum Gasteiger partial charge on any atom is -0.394 e. The first kappa shape index (κ1) is 72.6. The molecular formula is C49H83NO40. The van der Waals surface area contributed by atoms with E-state index in [9.17, 15) is 123 Å². The van der Waals surface area contributed by atoms with E-state index in [1.54, 1.807) is 0 Å². The van der Waals surface area contributed by atoms with Crippen molar-refractivity contribution in [1.29, 1.82) is 0 Å². The molecule has 0 aromatic carbocycles. The Bertz CT molecular complexity index is 2180. The van der Waals surface area contributed by atoms with Gasteiger partial charge in [0, 0.05) is 6.54 Å². The summed E-state index contributed by atoms with van der Waals surface area (Å²) >= 11 is 0. The molecule has 524 valence electrons. The van der Waals surface area contributed by atoms with Crippen LogP contribution in [0.2, 0.25) is 0 Å². The summed E-state index contributed by atoms with van der Waals surface area (Å²) in [5.41, 5.74) is 0. The minimum absolute atomic E-state index is 0.449. The molecule has 14 bridgehead atoms. The Hall–Kier alpha value is -1.64. The standard InChI is InChI=1S/C49H83NO40/c51-3-10-17(58)18(59)26(67)42(76-10)75-2-1-50-41-40-25(66)33(74)49(90-41)88-39-16(9-57)81-47(31(72)23(39)64)86-37-14(7-55)79-45(29(70)21(37)62)84-35-12(5-53)77-43(27(68)19(35)60)83-34-11(4-52)78-44(28(69)20(34)61)85-36-13(6-54)80-46(30(71)22(36)63)87-38-15(8-56)82-48(89-40)32(73)24(38)65/h10-74H,1-9H2/t10-,11-,12-,13-,14-,15-,16-,17+,18+,19-,20-,21-,22-,23-,24-,25-,26-,27-,28-,29-,30-,31-,32-,33-,34-,35-,36-,37-,38-,39-,40+,41-,42+,43-,44-,45-,46-,47-,48-,49-/m1/s1. The van der Waals surface area contributed by atoms with Gasteiger partial charge in [-0.15, -0.1) is 0 Å². The number of rotatable bonds is 12. The van der Waals surface area contributed by atoms with Crippen molar-refractivity contribution < 1.29 is 198 Å². The van der Waals surface area contributed by atoms with Crippen molar-refractivity contribution in [3.63, 3.8) is 0 Å². The zero-order chi connectivity index (χ0) is 65.5. The molecule has 0 aliphatic carbocycles. The van der Waals surface area contributed by atoms with E-state index >= 15 is 0 Å². The first-order chi connectivity index (χ1) is 42.9. The summed E-state index contributed by atoms with van der Waals surface area (Å²) in [6.07, 6.45) is -81.0. The van der Waals surface area contributed by atoms with Crippen molar-refractivity contribution in [3.8, 4) is 0 Å². The van der Waals surface area contributed by atoms with Crippen molar-refractivity contribution in [2.45, 2.75) is 246 Å². The van der Waals surface area contributed by atoms with E-state index in [4.69, 9.17) is 75.8 Å². The highest BCUT2D eigenvalue weighted by molar-refractivity contribution is 5.02. The highest BCUT2D eigenvalue weighted by Gasteiger charge is 2.60. The average molecular weight is 1330 g/mol. The van der Waals surface area contributed by atoms with Gasteiger partial charge in [-0.2, -0.15) is 0 Å². The fourth-order valence-corrected chi connectivity index (χ4v) is 11.9. The summed E-state index contributed by atoms with van der Waals surface area (Å²) in [5, 5.41) is 267. The lowest BCUT2D eigenvalue weighted by Crippen LogP contribution is -2.69. The molecule has 41 heteroatoms. The van der Waals surface area contributed by atoms with E-state index < -0.39 is 305 Å². The zero-order valence-corrected chi connectivity index (χ0v) is 47.2. The molecular weight excluding hydrogens is 1240 g/mol. The Morgan fingerprint density at radius 1 is 0.222 bits per heavy atom. The molecule has 22 fully saturated rings. The fourth-order valence-electron chi connectivity index (χ4n) is 11.9. The van der Waals surface area contributed by atoms with Crippen LogP contribution in [0.15, 0.2) is 0 Å². The maximum atomic E-state index is 11.8. The van der Waals surface area contributed by atoms with E-state index in [2.05, 4.69) is 5.32 Å². The summed E-state index contributed by atoms with van der Waals surface area (Å²) in [5.74, 6) is 0. The van der Waals surface area contributed by atoms with Gasteiger partial charge in [0.1, 0.15) is 195 Å². The molecule has 22 aliphatic heterocycles. The van der Waals surface area contributed by atoms with Gasteiger partial charge in [0.25, 0.3) is 0 Å². The number of aliphatic hydroxyl groups excluding tert-OH is 24. The maximum Gasteiger partial charge on any atom is 0.188 e. The monoisotopic (exact) mass is 1330 g/mol. The largest absolute Gasteiger partial charge is 0.394 e. The van der Waals surface area contributed by atoms with Gasteiger partial charge >= 0.3 is 0 Å². The number of hydrogen-bond donors (Lipinski definition) is 25. The number of nitrogens with one attached hydrogen (secondary N) is 1. The van der Waals surface area contributed by atoms with Crippen molar-refractivity contribution in [2.24, 2.45) is 0 Å². The van der Waals surface area contributed by atoms with Crippen molar-refractivity contribution in [1.82, 2.24) is 5.32 Å². The predicted molar refractivity (Wildman–Crippen MR) is 269 cm³/mol. The molecule has 22 aliphatic rings. The normalized spacial score (nSPS) is 54.3. The molecule has 0 aromatic rings. The molecule has 0 amide bonds. The van der Waals surface area contributed by atoms with Gasteiger partial charge in [0.15, 0.2) is 50.3 Å². The van der Waals surface area contributed by atoms with Crippen LogP contribution in [-0.4, -0.2) is 428 Å². The molecule has 22 heterocycles. The molecule has 22 rings (SSSR count). The van der Waals surface area contributed by atoms with E-state index in [1.807, 2.05) is 0 Å². The Morgan fingerprint density at radius 3 is 0.711 bits per heavy atom. The Kier molecular flexibility index (Phi) is 25.2. The van der Waals surface area contributed by atoms with Gasteiger partial charge < -0.3 is 198 Å². The quantitative estimate of drug-likeness (QED) is 0.0807. The van der Waals surface area contributed by atoms with Gasteiger partial charge in [-0.1, -0.05) is 0 Å². The third kappa shape index (κ3) is 14.6. The van der Waals surface area contributed by atoms with Crippen LogP contribution in [0.4, 0.5) is 0 Å². The first-order valence-corrected chi connectivity index (χ1v) is 28.9. The molecule has 22 saturated heterocycles. The Balaban J connectivity index is 1.00. The Labute approximate surface area is 508 Å². The lowest BCUT2D eigenvalue weighted by molar-refractivity contribution is -0.397. The SMILES string of the molecule is OC[C@H]1O[C@H](OCCN[C@@H]2O[C@H]3O[C@H]4[C@H](O)[C@@H](O)[C@@H](O[C@H]5[C@H](O)[C@@H](O)[C@@H](O[C@H]6[C@H](O)[C@@H](O)[C@@H](O[C@H]7[C@H](O)[C@@H](O)[C@@H](O[C@H]8[C@H](O)[C@@H](O)[C@@H](O[C@H]9[C@H](O)[C@@H](O)[C@@H](O[C@H]2[C@H](O)[C@H]3O)O[C@@H]9CO)O[C@@H]8CO)O[C@@H]7CO)O[C@@H]6CO)O[C@@H]5CO)O[C@@H]4CO)[C@H](O)[C@@H](O)[C@H]1O. The smallest absolute Gasteiger partial charge is 0.188 e. The van der Waals surface area contributed by atoms with Crippen LogP contribution in [0.1, 0.15) is 0 Å². The molecule has 0 unspecified atom stereocenters. The highest BCUT2D eigenvalue weighted by atomic mass is 16.8. The maximum absolute atomic E-state index is 11.8.